The number of nitrogens with zero attached hydrogens (tertiary/aromatic N) is 1. The molecule has 0 aromatic rings. The van der Waals surface area contributed by atoms with Gasteiger partial charge in [0.15, 0.2) is 0 Å². The first kappa shape index (κ1) is 12.9. The first-order chi connectivity index (χ1) is 7.29. The molecule has 0 radical (unpaired) electrons. The van der Waals surface area contributed by atoms with E-state index in [0.29, 0.717) is 6.04 Å². The normalized spacial score (nSPS) is 20.0. The Morgan fingerprint density at radius 3 is 2.60 bits per heavy atom. The lowest BCUT2D eigenvalue weighted by molar-refractivity contribution is 0.0702. The predicted molar refractivity (Wildman–Crippen MR) is 64.0 cm³/mol. The van der Waals surface area contributed by atoms with Crippen LogP contribution in [0.2, 0.25) is 0 Å². The molecule has 1 rings (SSSR count). The number of methoxy groups -OCH3 is 1. The van der Waals surface area contributed by atoms with Crippen molar-refractivity contribution in [2.24, 2.45) is 5.73 Å². The van der Waals surface area contributed by atoms with E-state index in [1.54, 1.807) is 7.11 Å². The summed E-state index contributed by atoms with van der Waals surface area (Å²) in [5, 5.41) is 0. The van der Waals surface area contributed by atoms with E-state index in [-0.39, 0.29) is 0 Å². The summed E-state index contributed by atoms with van der Waals surface area (Å²) in [5.41, 5.74) is 5.59. The van der Waals surface area contributed by atoms with Crippen molar-refractivity contribution in [1.29, 1.82) is 0 Å². The fraction of sp³-hybridized carbons (Fsp3) is 1.00. The van der Waals surface area contributed by atoms with Crippen LogP contribution in [0.15, 0.2) is 0 Å². The predicted octanol–water partition coefficient (Wildman–Crippen LogP) is 1.61. The zero-order valence-corrected chi connectivity index (χ0v) is 10.2. The van der Waals surface area contributed by atoms with Crippen molar-refractivity contribution in [1.82, 2.24) is 4.90 Å². The molecule has 1 atom stereocenters. The molecule has 0 heterocycles. The second-order valence-electron chi connectivity index (χ2n) is 4.62. The van der Waals surface area contributed by atoms with Crippen LogP contribution in [0.1, 0.15) is 39.0 Å². The van der Waals surface area contributed by atoms with Gasteiger partial charge in [-0.3, -0.25) is 4.90 Å². The minimum Gasteiger partial charge on any atom is -0.383 e. The number of nitrogens with two attached hydrogens (primary N) is 1. The number of hydrogen-bond acceptors (Lipinski definition) is 3. The molecule has 90 valence electrons. The van der Waals surface area contributed by atoms with E-state index < -0.39 is 0 Å². The lowest BCUT2D eigenvalue weighted by Crippen LogP contribution is -2.43. The second kappa shape index (κ2) is 7.20. The van der Waals surface area contributed by atoms with Gasteiger partial charge >= 0.3 is 0 Å². The standard InChI is InChI=1S/C12H26N2O/c1-11(10-15-2)14(9-5-8-13)12-6-3-4-7-12/h11-12H,3-10,13H2,1-2H3. The number of rotatable bonds is 7. The Balaban J connectivity index is 2.42. The van der Waals surface area contributed by atoms with Gasteiger partial charge in [-0.2, -0.15) is 0 Å². The Bertz CT molecular complexity index is 158. The molecule has 0 aromatic carbocycles. The average molecular weight is 214 g/mol. The summed E-state index contributed by atoms with van der Waals surface area (Å²) < 4.78 is 5.25. The Morgan fingerprint density at radius 2 is 2.07 bits per heavy atom. The quantitative estimate of drug-likeness (QED) is 0.700. The van der Waals surface area contributed by atoms with Crippen molar-refractivity contribution in [2.75, 3.05) is 26.8 Å². The average Bonchev–Trinajstić information content (AvgIpc) is 2.72. The van der Waals surface area contributed by atoms with Crippen LogP contribution in [0.4, 0.5) is 0 Å². The van der Waals surface area contributed by atoms with E-state index in [1.807, 2.05) is 0 Å². The highest BCUT2D eigenvalue weighted by Crippen LogP contribution is 2.25. The molecule has 2 N–H and O–H groups in total. The highest BCUT2D eigenvalue weighted by atomic mass is 16.5. The largest absolute Gasteiger partial charge is 0.383 e. The van der Waals surface area contributed by atoms with Gasteiger partial charge in [0.2, 0.25) is 0 Å². The van der Waals surface area contributed by atoms with Crippen molar-refractivity contribution in [3.8, 4) is 0 Å². The molecule has 0 aliphatic heterocycles. The third-order valence-corrected chi connectivity index (χ3v) is 3.39. The van der Waals surface area contributed by atoms with E-state index in [2.05, 4.69) is 11.8 Å². The lowest BCUT2D eigenvalue weighted by atomic mass is 10.1. The molecule has 15 heavy (non-hydrogen) atoms. The van der Waals surface area contributed by atoms with Gasteiger partial charge in [-0.1, -0.05) is 12.8 Å². The van der Waals surface area contributed by atoms with Crippen LogP contribution < -0.4 is 5.73 Å². The summed E-state index contributed by atoms with van der Waals surface area (Å²) >= 11 is 0. The zero-order valence-electron chi connectivity index (χ0n) is 10.2. The molecule has 1 saturated carbocycles. The molecule has 1 unspecified atom stereocenters. The number of hydrogen-bond donors (Lipinski definition) is 1. The SMILES string of the molecule is COCC(C)N(CCCN)C1CCCC1. The van der Waals surface area contributed by atoms with E-state index in [0.717, 1.165) is 32.2 Å². The minimum absolute atomic E-state index is 0.532. The van der Waals surface area contributed by atoms with Crippen molar-refractivity contribution < 1.29 is 4.74 Å². The molecule has 0 aromatic heterocycles. The van der Waals surface area contributed by atoms with Gasteiger partial charge in [-0.15, -0.1) is 0 Å². The molecular formula is C12H26N2O. The van der Waals surface area contributed by atoms with E-state index >= 15 is 0 Å². The van der Waals surface area contributed by atoms with Gasteiger partial charge in [0.05, 0.1) is 6.61 Å². The summed E-state index contributed by atoms with van der Waals surface area (Å²) in [5.74, 6) is 0. The molecular weight excluding hydrogens is 188 g/mol. The molecule has 0 spiro atoms. The third kappa shape index (κ3) is 4.09. The maximum atomic E-state index is 5.59. The van der Waals surface area contributed by atoms with Gasteiger partial charge in [-0.25, -0.2) is 0 Å². The molecule has 0 amide bonds. The van der Waals surface area contributed by atoms with Crippen LogP contribution in [-0.4, -0.2) is 43.8 Å². The summed E-state index contributed by atoms with van der Waals surface area (Å²) in [6.07, 6.45) is 6.61. The van der Waals surface area contributed by atoms with Crippen LogP contribution in [0.3, 0.4) is 0 Å². The van der Waals surface area contributed by atoms with Gasteiger partial charge in [0.1, 0.15) is 0 Å². The van der Waals surface area contributed by atoms with Crippen LogP contribution >= 0.6 is 0 Å². The highest BCUT2D eigenvalue weighted by molar-refractivity contribution is 4.81. The monoisotopic (exact) mass is 214 g/mol. The number of ether oxygens (including phenoxy) is 1. The third-order valence-electron chi connectivity index (χ3n) is 3.39. The van der Waals surface area contributed by atoms with Crippen LogP contribution in [-0.2, 0) is 4.74 Å². The van der Waals surface area contributed by atoms with Crippen LogP contribution in [0.5, 0.6) is 0 Å². The second-order valence-corrected chi connectivity index (χ2v) is 4.62. The first-order valence-corrected chi connectivity index (χ1v) is 6.24. The van der Waals surface area contributed by atoms with E-state index in [4.69, 9.17) is 10.5 Å². The summed E-state index contributed by atoms with van der Waals surface area (Å²) in [4.78, 5) is 2.60. The first-order valence-electron chi connectivity index (χ1n) is 6.24. The maximum Gasteiger partial charge on any atom is 0.0615 e. The molecule has 0 saturated heterocycles. The van der Waals surface area contributed by atoms with E-state index in [1.165, 1.54) is 25.7 Å². The molecule has 3 nitrogen and oxygen atoms in total. The Labute approximate surface area is 94.0 Å². The summed E-state index contributed by atoms with van der Waals surface area (Å²) in [6, 6.07) is 1.31. The molecule has 0 bridgehead atoms. The smallest absolute Gasteiger partial charge is 0.0615 e. The van der Waals surface area contributed by atoms with Gasteiger partial charge in [-0.05, 0) is 32.7 Å². The lowest BCUT2D eigenvalue weighted by Gasteiger charge is -2.34. The summed E-state index contributed by atoms with van der Waals surface area (Å²) in [6.45, 7) is 5.02. The highest BCUT2D eigenvalue weighted by Gasteiger charge is 2.25. The van der Waals surface area contributed by atoms with Gasteiger partial charge in [0, 0.05) is 25.7 Å². The topological polar surface area (TPSA) is 38.5 Å². The summed E-state index contributed by atoms with van der Waals surface area (Å²) in [7, 11) is 1.78. The maximum absolute atomic E-state index is 5.59. The van der Waals surface area contributed by atoms with Crippen molar-refractivity contribution in [2.45, 2.75) is 51.1 Å². The molecule has 3 heteroatoms. The van der Waals surface area contributed by atoms with Crippen LogP contribution in [0.25, 0.3) is 0 Å². The minimum atomic E-state index is 0.532. The van der Waals surface area contributed by atoms with Gasteiger partial charge < -0.3 is 10.5 Å². The fourth-order valence-electron chi connectivity index (χ4n) is 2.61. The fourth-order valence-corrected chi connectivity index (χ4v) is 2.61. The molecule has 1 aliphatic rings. The Kier molecular flexibility index (Phi) is 6.22. The van der Waals surface area contributed by atoms with Crippen molar-refractivity contribution >= 4 is 0 Å². The molecule has 1 aliphatic carbocycles. The Morgan fingerprint density at radius 1 is 1.40 bits per heavy atom. The van der Waals surface area contributed by atoms with Crippen LogP contribution in [0, 0.1) is 0 Å². The Hall–Kier alpha value is -0.120. The zero-order chi connectivity index (χ0) is 11.1. The molecule has 1 fully saturated rings. The van der Waals surface area contributed by atoms with Crippen molar-refractivity contribution in [3.05, 3.63) is 0 Å². The van der Waals surface area contributed by atoms with Gasteiger partial charge in [0.25, 0.3) is 0 Å². The van der Waals surface area contributed by atoms with E-state index in [9.17, 15) is 0 Å². The van der Waals surface area contributed by atoms with Crippen molar-refractivity contribution in [3.63, 3.8) is 0 Å².